The Morgan fingerprint density at radius 3 is 2.76 bits per heavy atom. The van der Waals surface area contributed by atoms with Gasteiger partial charge >= 0.3 is 0 Å². The molecule has 2 aliphatic rings. The Morgan fingerprint density at radius 2 is 2.03 bits per heavy atom. The zero-order valence-corrected chi connectivity index (χ0v) is 16.6. The summed E-state index contributed by atoms with van der Waals surface area (Å²) in [6, 6.07) is 6.01. The van der Waals surface area contributed by atoms with Crippen molar-refractivity contribution in [1.82, 2.24) is 20.1 Å². The van der Waals surface area contributed by atoms with Gasteiger partial charge in [-0.25, -0.2) is 0 Å². The Balaban J connectivity index is 1.25. The Morgan fingerprint density at radius 1 is 1.17 bits per heavy atom. The van der Waals surface area contributed by atoms with Gasteiger partial charge in [-0.3, -0.25) is 19.5 Å². The van der Waals surface area contributed by atoms with E-state index >= 15 is 0 Å². The van der Waals surface area contributed by atoms with E-state index in [1.54, 1.807) is 18.5 Å². The first kappa shape index (κ1) is 19.6. The number of rotatable bonds is 5. The topological polar surface area (TPSA) is 78.7 Å². The van der Waals surface area contributed by atoms with E-state index in [1.807, 2.05) is 17.0 Å². The van der Waals surface area contributed by atoms with Crippen LogP contribution in [0.4, 0.5) is 0 Å². The average Bonchev–Trinajstić information content (AvgIpc) is 3.33. The molecule has 29 heavy (non-hydrogen) atoms. The number of piperidine rings is 2. The van der Waals surface area contributed by atoms with Crippen molar-refractivity contribution in [3.05, 3.63) is 54.2 Å². The van der Waals surface area contributed by atoms with Gasteiger partial charge in [0.25, 0.3) is 5.91 Å². The number of hydrogen-bond donors (Lipinski definition) is 1. The van der Waals surface area contributed by atoms with E-state index in [9.17, 15) is 9.59 Å². The molecule has 2 amide bonds. The molecule has 1 atom stereocenters. The minimum absolute atomic E-state index is 0.0333. The molecular weight excluding hydrogens is 368 g/mol. The highest BCUT2D eigenvalue weighted by Gasteiger charge is 2.32. The number of nitrogens with one attached hydrogen (secondary N) is 1. The van der Waals surface area contributed by atoms with Crippen LogP contribution in [-0.2, 0) is 11.3 Å². The fourth-order valence-electron chi connectivity index (χ4n) is 4.39. The first-order chi connectivity index (χ1) is 14.2. The van der Waals surface area contributed by atoms with Gasteiger partial charge in [-0.1, -0.05) is 6.07 Å². The zero-order valence-electron chi connectivity index (χ0n) is 16.6. The van der Waals surface area contributed by atoms with E-state index in [0.717, 1.165) is 57.4 Å². The van der Waals surface area contributed by atoms with Gasteiger partial charge in [0.2, 0.25) is 5.91 Å². The number of amides is 2. The summed E-state index contributed by atoms with van der Waals surface area (Å²) < 4.78 is 5.03. The molecule has 2 fully saturated rings. The third-order valence-electron chi connectivity index (χ3n) is 6.05. The summed E-state index contributed by atoms with van der Waals surface area (Å²) in [5, 5.41) is 3.06. The van der Waals surface area contributed by atoms with E-state index in [1.165, 1.54) is 12.5 Å². The average molecular weight is 396 g/mol. The number of pyridine rings is 1. The van der Waals surface area contributed by atoms with E-state index in [2.05, 4.69) is 15.2 Å². The van der Waals surface area contributed by atoms with E-state index < -0.39 is 0 Å². The number of nitrogens with zero attached hydrogens (tertiary/aromatic N) is 3. The summed E-state index contributed by atoms with van der Waals surface area (Å²) in [4.78, 5) is 33.6. The van der Waals surface area contributed by atoms with E-state index in [0.29, 0.717) is 18.2 Å². The highest BCUT2D eigenvalue weighted by Crippen LogP contribution is 2.25. The number of carbonyl (C=O) groups is 2. The molecular formula is C22H28N4O3. The van der Waals surface area contributed by atoms with Crippen molar-refractivity contribution in [2.45, 2.75) is 38.3 Å². The predicted molar refractivity (Wildman–Crippen MR) is 108 cm³/mol. The van der Waals surface area contributed by atoms with Gasteiger partial charge in [0.05, 0.1) is 17.7 Å². The second-order valence-electron chi connectivity index (χ2n) is 7.95. The van der Waals surface area contributed by atoms with Gasteiger partial charge in [0.1, 0.15) is 6.26 Å². The van der Waals surface area contributed by atoms with Gasteiger partial charge in [0.15, 0.2) is 0 Å². The highest BCUT2D eigenvalue weighted by molar-refractivity contribution is 5.93. The van der Waals surface area contributed by atoms with Crippen molar-refractivity contribution in [3.8, 4) is 0 Å². The minimum atomic E-state index is 0.0333. The Kier molecular flexibility index (Phi) is 6.24. The van der Waals surface area contributed by atoms with Crippen molar-refractivity contribution >= 4 is 11.8 Å². The highest BCUT2D eigenvalue weighted by atomic mass is 16.3. The lowest BCUT2D eigenvalue weighted by atomic mass is 9.93. The SMILES string of the molecule is O=C(NCc1cccnc1)C1CCCN(C2CCN(C(=O)c3ccoc3)CC2)C1. The van der Waals surface area contributed by atoms with Crippen molar-refractivity contribution < 1.29 is 14.0 Å². The van der Waals surface area contributed by atoms with Crippen molar-refractivity contribution in [2.75, 3.05) is 26.2 Å². The quantitative estimate of drug-likeness (QED) is 0.839. The molecule has 2 aromatic rings. The minimum Gasteiger partial charge on any atom is -0.472 e. The largest absolute Gasteiger partial charge is 0.472 e. The predicted octanol–water partition coefficient (Wildman–Crippen LogP) is 2.31. The van der Waals surface area contributed by atoms with Crippen LogP contribution in [0.25, 0.3) is 0 Å². The lowest BCUT2D eigenvalue weighted by Crippen LogP contribution is -2.51. The van der Waals surface area contributed by atoms with Gasteiger partial charge in [-0.05, 0) is 49.9 Å². The maximum Gasteiger partial charge on any atom is 0.257 e. The summed E-state index contributed by atoms with van der Waals surface area (Å²) in [6.45, 7) is 3.87. The van der Waals surface area contributed by atoms with Crippen LogP contribution in [-0.4, -0.2) is 58.8 Å². The van der Waals surface area contributed by atoms with Crippen LogP contribution in [0.1, 0.15) is 41.6 Å². The maximum absolute atomic E-state index is 12.7. The number of furan rings is 1. The molecule has 1 unspecified atom stereocenters. The molecule has 7 nitrogen and oxygen atoms in total. The number of aromatic nitrogens is 1. The molecule has 0 saturated carbocycles. The summed E-state index contributed by atoms with van der Waals surface area (Å²) in [5.74, 6) is 0.209. The summed E-state index contributed by atoms with van der Waals surface area (Å²) in [7, 11) is 0. The second kappa shape index (κ2) is 9.22. The van der Waals surface area contributed by atoms with Crippen LogP contribution in [0.2, 0.25) is 0 Å². The first-order valence-corrected chi connectivity index (χ1v) is 10.4. The molecule has 1 N–H and O–H groups in total. The standard InChI is InChI=1S/C22H28N4O3/c27-21(24-14-17-3-1-8-23-13-17)18-4-2-9-26(15-18)20-5-10-25(11-6-20)22(28)19-7-12-29-16-19/h1,3,7-8,12-13,16,18,20H,2,4-6,9-11,14-15H2,(H,24,27). The van der Waals surface area contributed by atoms with Crippen LogP contribution in [0, 0.1) is 5.92 Å². The van der Waals surface area contributed by atoms with Gasteiger partial charge in [-0.15, -0.1) is 0 Å². The zero-order chi connectivity index (χ0) is 20.1. The first-order valence-electron chi connectivity index (χ1n) is 10.4. The molecule has 7 heteroatoms. The van der Waals surface area contributed by atoms with Crippen LogP contribution >= 0.6 is 0 Å². The van der Waals surface area contributed by atoms with Crippen LogP contribution in [0.5, 0.6) is 0 Å². The second-order valence-corrected chi connectivity index (χ2v) is 7.95. The number of likely N-dealkylation sites (tertiary alicyclic amines) is 2. The third-order valence-corrected chi connectivity index (χ3v) is 6.05. The van der Waals surface area contributed by atoms with Crippen LogP contribution in [0.15, 0.2) is 47.5 Å². The fraction of sp³-hybridized carbons (Fsp3) is 0.500. The van der Waals surface area contributed by atoms with Crippen molar-refractivity contribution in [1.29, 1.82) is 0 Å². The summed E-state index contributed by atoms with van der Waals surface area (Å²) >= 11 is 0. The molecule has 0 bridgehead atoms. The molecule has 0 spiro atoms. The smallest absolute Gasteiger partial charge is 0.257 e. The Bertz CT molecular complexity index is 801. The molecule has 2 saturated heterocycles. The van der Waals surface area contributed by atoms with E-state index in [4.69, 9.17) is 4.42 Å². The molecule has 2 aliphatic heterocycles. The maximum atomic E-state index is 12.7. The lowest BCUT2D eigenvalue weighted by molar-refractivity contribution is -0.127. The van der Waals surface area contributed by atoms with Crippen LogP contribution in [0.3, 0.4) is 0 Å². The molecule has 4 heterocycles. The molecule has 0 aliphatic carbocycles. The van der Waals surface area contributed by atoms with Crippen molar-refractivity contribution in [3.63, 3.8) is 0 Å². The van der Waals surface area contributed by atoms with Crippen molar-refractivity contribution in [2.24, 2.45) is 5.92 Å². The van der Waals surface area contributed by atoms with Gasteiger partial charge in [0, 0.05) is 44.6 Å². The molecule has 2 aromatic heterocycles. The monoisotopic (exact) mass is 396 g/mol. The lowest BCUT2D eigenvalue weighted by Gasteiger charge is -2.42. The third kappa shape index (κ3) is 4.85. The van der Waals surface area contributed by atoms with Gasteiger partial charge in [-0.2, -0.15) is 0 Å². The molecule has 154 valence electrons. The summed E-state index contributed by atoms with van der Waals surface area (Å²) in [6.07, 6.45) is 10.4. The molecule has 4 rings (SSSR count). The van der Waals surface area contributed by atoms with E-state index in [-0.39, 0.29) is 17.7 Å². The van der Waals surface area contributed by atoms with Gasteiger partial charge < -0.3 is 14.6 Å². The number of hydrogen-bond acceptors (Lipinski definition) is 5. The molecule has 0 aromatic carbocycles. The van der Waals surface area contributed by atoms with Crippen LogP contribution < -0.4 is 5.32 Å². The molecule has 0 radical (unpaired) electrons. The Hall–Kier alpha value is -2.67. The summed E-state index contributed by atoms with van der Waals surface area (Å²) in [5.41, 5.74) is 1.63. The fourth-order valence-corrected chi connectivity index (χ4v) is 4.39. The normalized spacial score (nSPS) is 21.1. The Labute approximate surface area is 171 Å². The number of carbonyl (C=O) groups excluding carboxylic acids is 2.